The number of phenols is 2. The summed E-state index contributed by atoms with van der Waals surface area (Å²) in [5, 5.41) is 29.7. The van der Waals surface area contributed by atoms with Crippen molar-refractivity contribution in [1.82, 2.24) is 26.2 Å². The van der Waals surface area contributed by atoms with Crippen LogP contribution >= 0.6 is 0 Å². The Bertz CT molecular complexity index is 3040. The largest absolute Gasteiger partial charge is 0.508 e. The maximum absolute atomic E-state index is 13.0. The molecule has 0 spiro atoms. The maximum atomic E-state index is 13.0. The van der Waals surface area contributed by atoms with Crippen LogP contribution in [0.3, 0.4) is 0 Å². The molecule has 0 radical (unpaired) electrons. The molecule has 85 heavy (non-hydrogen) atoms. The number of hydrogen-bond donors (Lipinski definition) is 7. The Hall–Kier alpha value is -8.05. The molecule has 8 N–H and O–H groups in total. The van der Waals surface area contributed by atoms with Crippen LogP contribution in [-0.2, 0) is 46.2 Å². The van der Waals surface area contributed by atoms with E-state index in [2.05, 4.69) is 86.8 Å². The molecule has 3 amide bonds. The molecule has 6 aromatic carbocycles. The van der Waals surface area contributed by atoms with Gasteiger partial charge in [0.1, 0.15) is 48.4 Å². The van der Waals surface area contributed by atoms with E-state index in [0.717, 1.165) is 27.8 Å². The molecule has 6 aromatic rings. The van der Waals surface area contributed by atoms with E-state index in [4.69, 9.17) is 19.9 Å². The molecule has 16 heteroatoms. The molecule has 4 aliphatic rings. The number of carbonyl (C=O) groups is 5. The van der Waals surface area contributed by atoms with Gasteiger partial charge in [0, 0.05) is 24.8 Å². The van der Waals surface area contributed by atoms with E-state index in [1.807, 2.05) is 36.4 Å². The van der Waals surface area contributed by atoms with Crippen molar-refractivity contribution in [1.29, 1.82) is 0 Å². The van der Waals surface area contributed by atoms with Gasteiger partial charge in [-0.15, -0.1) is 0 Å². The zero-order valence-corrected chi connectivity index (χ0v) is 50.2. The van der Waals surface area contributed by atoms with Crippen molar-refractivity contribution in [3.63, 3.8) is 0 Å². The molecule has 2 aliphatic carbocycles. The van der Waals surface area contributed by atoms with E-state index in [-0.39, 0.29) is 43.5 Å². The van der Waals surface area contributed by atoms with E-state index in [9.17, 15) is 34.2 Å². The normalized spacial score (nSPS) is 15.1. The minimum Gasteiger partial charge on any atom is -0.508 e. The Balaban J connectivity index is 0.000000185. The van der Waals surface area contributed by atoms with Crippen molar-refractivity contribution in [2.75, 3.05) is 52.4 Å². The fourth-order valence-electron chi connectivity index (χ4n) is 10.8. The summed E-state index contributed by atoms with van der Waals surface area (Å²) in [6.45, 7) is 16.3. The summed E-state index contributed by atoms with van der Waals surface area (Å²) >= 11 is 0. The Kier molecular flexibility index (Phi) is 23.7. The monoisotopic (exact) mass is 1160 g/mol. The van der Waals surface area contributed by atoms with Gasteiger partial charge in [0.15, 0.2) is 0 Å². The van der Waals surface area contributed by atoms with Crippen molar-refractivity contribution in [3.05, 3.63) is 179 Å². The topological polar surface area (TPSA) is 231 Å². The van der Waals surface area contributed by atoms with Gasteiger partial charge in [-0.1, -0.05) is 134 Å². The molecular weight excluding hydrogens is 1070 g/mol. The lowest BCUT2D eigenvalue weighted by atomic mass is 9.95. The van der Waals surface area contributed by atoms with Gasteiger partial charge in [0.25, 0.3) is 0 Å². The predicted octanol–water partition coefficient (Wildman–Crippen LogP) is 10.1. The number of alkyl carbamates (subject to hydrolysis) is 1. The second-order valence-electron chi connectivity index (χ2n) is 23.9. The molecule has 0 aromatic heterocycles. The smallest absolute Gasteiger partial charge is 0.407 e. The number of fused-ring (bicyclic) bond motifs is 6. The first-order valence-corrected chi connectivity index (χ1v) is 29.7. The van der Waals surface area contributed by atoms with Gasteiger partial charge in [-0.2, -0.15) is 0 Å². The number of nitrogens with two attached hydrogens (primary N) is 1. The lowest BCUT2D eigenvalue weighted by molar-refractivity contribution is -0.155. The van der Waals surface area contributed by atoms with Crippen molar-refractivity contribution in [2.45, 2.75) is 128 Å². The molecule has 2 fully saturated rings. The highest BCUT2D eigenvalue weighted by Gasteiger charge is 2.32. The van der Waals surface area contributed by atoms with Gasteiger partial charge in [-0.25, -0.2) is 4.79 Å². The quantitative estimate of drug-likeness (QED) is 0.0375. The fourth-order valence-corrected chi connectivity index (χ4v) is 10.8. The van der Waals surface area contributed by atoms with Crippen molar-refractivity contribution in [3.8, 4) is 33.8 Å². The second-order valence-corrected chi connectivity index (χ2v) is 23.9. The molecule has 0 saturated carbocycles. The number of carbonyl (C=O) groups excluding carboxylic acids is 5. The van der Waals surface area contributed by atoms with E-state index in [0.29, 0.717) is 17.9 Å². The number of nitrogens with one attached hydrogen (secondary N) is 4. The summed E-state index contributed by atoms with van der Waals surface area (Å²) in [5.41, 5.74) is 16.4. The van der Waals surface area contributed by atoms with Gasteiger partial charge in [-0.3, -0.25) is 19.2 Å². The lowest BCUT2D eigenvalue weighted by Gasteiger charge is -2.29. The van der Waals surface area contributed by atoms with Crippen LogP contribution in [-0.4, -0.2) is 121 Å². The number of amides is 3. The first-order valence-electron chi connectivity index (χ1n) is 29.7. The molecule has 2 heterocycles. The number of esters is 2. The Morgan fingerprint density at radius 2 is 0.941 bits per heavy atom. The van der Waals surface area contributed by atoms with Gasteiger partial charge in [-0.05, 0) is 180 Å². The molecule has 452 valence electrons. The summed E-state index contributed by atoms with van der Waals surface area (Å²) in [7, 11) is 0. The van der Waals surface area contributed by atoms with Crippen LogP contribution < -0.4 is 27.0 Å². The molecular formula is C69H86N6O10. The minimum atomic E-state index is -1.02. The van der Waals surface area contributed by atoms with Gasteiger partial charge >= 0.3 is 18.0 Å². The number of hydrogen-bond acceptors (Lipinski definition) is 13. The summed E-state index contributed by atoms with van der Waals surface area (Å²) in [4.78, 5) is 63.8. The van der Waals surface area contributed by atoms with Gasteiger partial charge in [0.05, 0.1) is 6.04 Å². The van der Waals surface area contributed by atoms with Crippen LogP contribution in [0.4, 0.5) is 4.79 Å². The lowest BCUT2D eigenvalue weighted by Crippen LogP contribution is -2.49. The molecule has 0 bridgehead atoms. The fraction of sp³-hybridized carbons (Fsp3) is 0.406. The number of rotatable bonds is 15. The zero-order valence-electron chi connectivity index (χ0n) is 50.2. The molecule has 0 unspecified atom stereocenters. The third kappa shape index (κ3) is 20.3. The van der Waals surface area contributed by atoms with E-state index >= 15 is 0 Å². The average molecular weight is 1160 g/mol. The standard InChI is InChI=1S/C30H32N2O6.C19H21N.C15H22N2O4.C5H11N/c1-30(2,3)38-27(34)17-31-28(35)26(16-19-12-14-20(33)15-13-19)32-29(36)37-18-25-23-10-6-4-8-21(23)22-9-5-7-11-24(22)25;1-6-12-20(13-7-1)14-19-17-10-4-2-8-15(17)16-9-3-5-11-18(16)19;1-15(2,3)21-13(19)9-17-14(20)12(16)8-10-4-6-11(18)7-5-10;1-2-4-6-5-3-1/h4-15,25-26,33H,16-18H2,1-3H3,(H,31,35)(H,32,36);2-5,8-11,19H,1,6-7,12-14H2;4-7,12,18H,8-9,16H2,1-3H3,(H,17,20);6H,1-5H2/t26-;;12-;/m0.0./s1. The predicted molar refractivity (Wildman–Crippen MR) is 332 cm³/mol. The van der Waals surface area contributed by atoms with Crippen molar-refractivity contribution < 1.29 is 48.4 Å². The minimum absolute atomic E-state index is 0.0872. The highest BCUT2D eigenvalue weighted by Crippen LogP contribution is 2.46. The highest BCUT2D eigenvalue weighted by atomic mass is 16.6. The summed E-state index contributed by atoms with van der Waals surface area (Å²) in [5.74, 6) is -1.38. The van der Waals surface area contributed by atoms with Crippen LogP contribution in [0.5, 0.6) is 11.5 Å². The second kappa shape index (κ2) is 31.2. The number of nitrogens with zero attached hydrogens (tertiary/aromatic N) is 1. The van der Waals surface area contributed by atoms with Gasteiger partial charge < -0.3 is 56.3 Å². The van der Waals surface area contributed by atoms with Crippen LogP contribution in [0.25, 0.3) is 22.3 Å². The number of aromatic hydroxyl groups is 2. The first kappa shape index (κ1) is 64.5. The van der Waals surface area contributed by atoms with Crippen LogP contribution in [0.1, 0.15) is 125 Å². The number of phenolic OH excluding ortho intramolecular Hbond substituents is 2. The summed E-state index contributed by atoms with van der Waals surface area (Å²) in [6, 6.07) is 44.9. The zero-order chi connectivity index (χ0) is 60.9. The van der Waals surface area contributed by atoms with Gasteiger partial charge in [0.2, 0.25) is 11.8 Å². The first-order chi connectivity index (χ1) is 40.7. The average Bonchev–Trinajstić information content (AvgIpc) is 2.24. The highest BCUT2D eigenvalue weighted by molar-refractivity contribution is 5.89. The number of benzene rings is 6. The summed E-state index contributed by atoms with van der Waals surface area (Å²) < 4.78 is 15.9. The maximum Gasteiger partial charge on any atom is 0.407 e. The number of likely N-dealkylation sites (tertiary alicyclic amines) is 1. The van der Waals surface area contributed by atoms with E-state index < -0.39 is 53.1 Å². The summed E-state index contributed by atoms with van der Waals surface area (Å²) in [6.07, 6.45) is 8.07. The van der Waals surface area contributed by atoms with E-state index in [1.54, 1.807) is 65.8 Å². The van der Waals surface area contributed by atoms with Crippen LogP contribution in [0.15, 0.2) is 146 Å². The molecule has 2 atom stereocenters. The SMILES string of the molecule is C1CCNCC1.CC(C)(C)OC(=O)CNC(=O)[C@@H](N)Cc1ccc(O)cc1.CC(C)(C)OC(=O)CNC(=O)[C@H](Cc1ccc(O)cc1)NC(=O)OCC1c2ccccc2-c2ccccc21.c1ccc2c(c1)-c1ccccc1C2CN1CCCCC1. The third-order valence-electron chi connectivity index (χ3n) is 14.8. The molecule has 2 aliphatic heterocycles. The number of piperidine rings is 2. The Morgan fingerprint density at radius 1 is 0.541 bits per heavy atom. The Labute approximate surface area is 501 Å². The van der Waals surface area contributed by atoms with Crippen molar-refractivity contribution in [2.24, 2.45) is 5.73 Å². The number of ether oxygens (including phenoxy) is 3. The Morgan fingerprint density at radius 3 is 1.35 bits per heavy atom. The molecule has 10 rings (SSSR count). The van der Waals surface area contributed by atoms with E-state index in [1.165, 1.54) is 118 Å². The van der Waals surface area contributed by atoms with Crippen LogP contribution in [0, 0.1) is 0 Å². The van der Waals surface area contributed by atoms with Crippen molar-refractivity contribution >= 4 is 29.8 Å². The third-order valence-corrected chi connectivity index (χ3v) is 14.8. The molecule has 2 saturated heterocycles. The molecule has 16 nitrogen and oxygen atoms in total. The van der Waals surface area contributed by atoms with Crippen LogP contribution in [0.2, 0.25) is 0 Å².